The first kappa shape index (κ1) is 32.9. The lowest BCUT2D eigenvalue weighted by atomic mass is 10.0. The quantitative estimate of drug-likeness (QED) is 0.296. The number of carbonyl (C=O) groups is 3. The van der Waals surface area contributed by atoms with E-state index in [1.54, 1.807) is 17.0 Å². The fraction of sp³-hybridized carbons (Fsp3) is 0.344. The molecule has 2 saturated heterocycles. The van der Waals surface area contributed by atoms with Crippen molar-refractivity contribution >= 4 is 56.5 Å². The average Bonchev–Trinajstić information content (AvgIpc) is 3.56. The maximum Gasteiger partial charge on any atom is 0.261 e. The van der Waals surface area contributed by atoms with Crippen molar-refractivity contribution in [2.45, 2.75) is 17.7 Å². The van der Waals surface area contributed by atoms with Gasteiger partial charge in [-0.1, -0.05) is 35.3 Å². The molecule has 0 radical (unpaired) electrons. The topological polar surface area (TPSA) is 119 Å². The van der Waals surface area contributed by atoms with Gasteiger partial charge in [0.15, 0.2) is 5.78 Å². The molecule has 2 heterocycles. The third-order valence-corrected chi connectivity index (χ3v) is 10.0. The van der Waals surface area contributed by atoms with Crippen LogP contribution in [0.15, 0.2) is 71.6 Å². The molecule has 3 aromatic carbocycles. The number of sulfonamides is 1. The van der Waals surface area contributed by atoms with Crippen molar-refractivity contribution in [2.75, 3.05) is 63.6 Å². The number of amides is 2. The van der Waals surface area contributed by atoms with E-state index in [2.05, 4.69) is 19.8 Å². The number of para-hydroxylation sites is 1. The number of likely N-dealkylation sites (tertiary alicyclic amines) is 1. The number of anilines is 1. The second-order valence-corrected chi connectivity index (χ2v) is 13.6. The molecule has 45 heavy (non-hydrogen) atoms. The highest BCUT2D eigenvalue weighted by Gasteiger charge is 2.24. The molecular formula is C32H35Cl2N5O5S. The number of nitrogens with zero attached hydrogens (tertiary/aromatic N) is 3. The molecule has 0 unspecified atom stereocenters. The van der Waals surface area contributed by atoms with Crippen molar-refractivity contribution in [3.63, 3.8) is 0 Å². The number of benzene rings is 3. The van der Waals surface area contributed by atoms with Gasteiger partial charge in [-0.25, -0.2) is 8.42 Å². The van der Waals surface area contributed by atoms with Gasteiger partial charge < -0.3 is 15.1 Å². The molecule has 5 rings (SSSR count). The number of rotatable bonds is 11. The van der Waals surface area contributed by atoms with Gasteiger partial charge >= 0.3 is 0 Å². The van der Waals surface area contributed by atoms with Crippen molar-refractivity contribution in [2.24, 2.45) is 0 Å². The van der Waals surface area contributed by atoms with Gasteiger partial charge in [0.05, 0.1) is 22.2 Å². The van der Waals surface area contributed by atoms with E-state index in [9.17, 15) is 22.8 Å². The van der Waals surface area contributed by atoms with Crippen LogP contribution in [0.4, 0.5) is 5.69 Å². The Balaban J connectivity index is 1.14. The first-order valence-corrected chi connectivity index (χ1v) is 17.1. The lowest BCUT2D eigenvalue weighted by Crippen LogP contribution is -2.52. The van der Waals surface area contributed by atoms with Crippen LogP contribution in [0.2, 0.25) is 10.0 Å². The molecule has 0 bridgehead atoms. The lowest BCUT2D eigenvalue weighted by molar-refractivity contribution is -0.131. The van der Waals surface area contributed by atoms with E-state index in [1.807, 2.05) is 0 Å². The fourth-order valence-corrected chi connectivity index (χ4v) is 7.03. The lowest BCUT2D eigenvalue weighted by Gasteiger charge is -2.35. The minimum Gasteiger partial charge on any atom is -0.343 e. The van der Waals surface area contributed by atoms with Crippen LogP contribution in [0.1, 0.15) is 39.1 Å². The Bertz CT molecular complexity index is 1650. The van der Waals surface area contributed by atoms with Crippen LogP contribution in [0.5, 0.6) is 0 Å². The molecule has 2 N–H and O–H groups in total. The second-order valence-electron chi connectivity index (χ2n) is 11.1. The van der Waals surface area contributed by atoms with E-state index in [0.717, 1.165) is 26.2 Å². The van der Waals surface area contributed by atoms with Crippen LogP contribution in [0, 0.1) is 0 Å². The maximum absolute atomic E-state index is 13.2. The number of hydrogen-bond acceptors (Lipinski definition) is 7. The summed E-state index contributed by atoms with van der Waals surface area (Å²) in [6, 6.07) is 16.0. The molecule has 0 aliphatic carbocycles. The summed E-state index contributed by atoms with van der Waals surface area (Å²) < 4.78 is 28.9. The molecule has 0 atom stereocenters. The van der Waals surface area contributed by atoms with E-state index >= 15 is 0 Å². The van der Waals surface area contributed by atoms with Gasteiger partial charge in [-0.2, -0.15) is 0 Å². The predicted molar refractivity (Wildman–Crippen MR) is 175 cm³/mol. The number of hydrogen-bond donors (Lipinski definition) is 2. The van der Waals surface area contributed by atoms with Crippen molar-refractivity contribution in [1.82, 2.24) is 20.0 Å². The summed E-state index contributed by atoms with van der Waals surface area (Å²) in [4.78, 5) is 45.2. The summed E-state index contributed by atoms with van der Waals surface area (Å²) >= 11 is 12.2. The third-order valence-electron chi connectivity index (χ3n) is 8.07. The van der Waals surface area contributed by atoms with Gasteiger partial charge in [0.1, 0.15) is 0 Å². The molecule has 238 valence electrons. The Kier molecular flexibility index (Phi) is 10.8. The van der Waals surface area contributed by atoms with Crippen LogP contribution < -0.4 is 10.0 Å². The molecule has 2 fully saturated rings. The summed E-state index contributed by atoms with van der Waals surface area (Å²) in [5.41, 5.74) is 0.564. The molecule has 0 saturated carbocycles. The highest BCUT2D eigenvalue weighted by Crippen LogP contribution is 2.28. The largest absolute Gasteiger partial charge is 0.343 e. The second kappa shape index (κ2) is 14.7. The van der Waals surface area contributed by atoms with E-state index in [4.69, 9.17) is 23.2 Å². The van der Waals surface area contributed by atoms with Gasteiger partial charge in [0, 0.05) is 61.0 Å². The third kappa shape index (κ3) is 8.42. The summed E-state index contributed by atoms with van der Waals surface area (Å²) in [7, 11) is -4.12. The normalized spacial score (nSPS) is 16.0. The monoisotopic (exact) mass is 671 g/mol. The number of halogens is 2. The van der Waals surface area contributed by atoms with E-state index in [-0.39, 0.29) is 44.7 Å². The summed E-state index contributed by atoms with van der Waals surface area (Å²) in [5, 5.41) is 3.15. The first-order valence-electron chi connectivity index (χ1n) is 14.8. The van der Waals surface area contributed by atoms with Crippen molar-refractivity contribution in [1.29, 1.82) is 0 Å². The Hall–Kier alpha value is -3.48. The Morgan fingerprint density at radius 2 is 1.40 bits per heavy atom. The van der Waals surface area contributed by atoms with Gasteiger partial charge in [-0.05, 0) is 80.5 Å². The van der Waals surface area contributed by atoms with Gasteiger partial charge in [0.25, 0.3) is 15.9 Å². The summed E-state index contributed by atoms with van der Waals surface area (Å²) in [6.07, 6.45) is 2.55. The zero-order valence-electron chi connectivity index (χ0n) is 24.7. The molecule has 10 nitrogen and oxygen atoms in total. The molecule has 0 spiro atoms. The van der Waals surface area contributed by atoms with E-state index in [1.165, 1.54) is 80.5 Å². The fourth-order valence-electron chi connectivity index (χ4n) is 5.46. The summed E-state index contributed by atoms with van der Waals surface area (Å²) in [5.74, 6) is -1.12. The van der Waals surface area contributed by atoms with E-state index < -0.39 is 21.7 Å². The minimum atomic E-state index is -4.12. The highest BCUT2D eigenvalue weighted by molar-refractivity contribution is 7.92. The number of nitrogens with one attached hydrogen (secondary N) is 2. The number of carbonyl (C=O) groups excluding carboxylic acids is 3. The van der Waals surface area contributed by atoms with Crippen LogP contribution in [0.25, 0.3) is 0 Å². The Morgan fingerprint density at radius 3 is 2.07 bits per heavy atom. The van der Waals surface area contributed by atoms with Crippen molar-refractivity contribution in [3.8, 4) is 0 Å². The molecule has 2 aliphatic heterocycles. The van der Waals surface area contributed by atoms with Gasteiger partial charge in [0.2, 0.25) is 5.91 Å². The van der Waals surface area contributed by atoms with Crippen molar-refractivity contribution < 1.29 is 22.8 Å². The molecule has 2 aliphatic rings. The molecule has 2 amide bonds. The average molecular weight is 673 g/mol. The Labute approximate surface area is 273 Å². The zero-order chi connectivity index (χ0) is 32.0. The van der Waals surface area contributed by atoms with Crippen molar-refractivity contribution in [3.05, 3.63) is 93.5 Å². The van der Waals surface area contributed by atoms with Crippen LogP contribution in [-0.2, 0) is 14.8 Å². The van der Waals surface area contributed by atoms with Crippen LogP contribution in [-0.4, -0.2) is 99.6 Å². The smallest absolute Gasteiger partial charge is 0.261 e. The SMILES string of the molecule is O=C(NCC(=O)N1CCN(CCN2CCCC2)CC1)c1ccc(S(=O)(=O)Nc2ccccc2C(=O)c2ccc(Cl)cc2Cl)cc1. The molecule has 3 aromatic rings. The van der Waals surface area contributed by atoms with E-state index in [0.29, 0.717) is 18.1 Å². The summed E-state index contributed by atoms with van der Waals surface area (Å²) in [6.45, 7) is 7.13. The molecular weight excluding hydrogens is 637 g/mol. The first-order chi connectivity index (χ1) is 21.6. The number of ketones is 1. The standard InChI is InChI=1S/C32H35Cl2N5O5S/c33-24-9-12-26(28(34)21-24)31(41)27-5-1-2-6-29(27)36-45(43,44)25-10-7-23(8-11-25)32(42)35-22-30(40)39-19-17-38(18-20-39)16-15-37-13-3-4-14-37/h1-2,5-12,21,36H,3-4,13-20,22H2,(H,35,42). The van der Waals surface area contributed by atoms with Gasteiger partial charge in [-0.3, -0.25) is 24.0 Å². The zero-order valence-corrected chi connectivity index (χ0v) is 27.0. The molecule has 0 aromatic heterocycles. The maximum atomic E-state index is 13.2. The predicted octanol–water partition coefficient (Wildman–Crippen LogP) is 4.00. The van der Waals surface area contributed by atoms with Crippen LogP contribution in [0.3, 0.4) is 0 Å². The number of piperazine rings is 1. The highest BCUT2D eigenvalue weighted by atomic mass is 35.5. The minimum absolute atomic E-state index is 0.0706. The van der Waals surface area contributed by atoms with Gasteiger partial charge in [-0.15, -0.1) is 0 Å². The molecule has 13 heteroatoms. The van der Waals surface area contributed by atoms with Crippen LogP contribution >= 0.6 is 23.2 Å². The Morgan fingerprint density at radius 1 is 0.756 bits per heavy atom.